The summed E-state index contributed by atoms with van der Waals surface area (Å²) in [6, 6.07) is 0.375. The molecular weight excluding hydrogens is 304 g/mol. The Bertz CT molecular complexity index is 563. The normalized spacial score (nSPS) is 19.4. The molecule has 0 aromatic rings. The Hall–Kier alpha value is -1.54. The number of nitrogens with zero attached hydrogens (tertiary/aromatic N) is 1. The largest absolute Gasteiger partial charge is 0.381 e. The summed E-state index contributed by atoms with van der Waals surface area (Å²) in [6.45, 7) is 14.1. The summed E-state index contributed by atoms with van der Waals surface area (Å²) in [5.74, 6) is 0. The standard InChI is InChI=1S/C23H36N2/c1-5-8-15-25(7-3)16-10-9-12-21-18-23-22(17-20(21)11-6-2)19(4)13-14-24-23/h5,13-14,17-18,23-24H,1,6-12,15-16H2,2-4H3. The molecule has 1 N–H and O–H groups in total. The molecule has 2 aliphatic rings. The molecular formula is C23H36N2. The van der Waals surface area contributed by atoms with Crippen molar-refractivity contribution < 1.29 is 0 Å². The van der Waals surface area contributed by atoms with Crippen LogP contribution in [-0.4, -0.2) is 30.6 Å². The molecule has 1 aliphatic carbocycles. The van der Waals surface area contributed by atoms with E-state index in [0.29, 0.717) is 6.04 Å². The highest BCUT2D eigenvalue weighted by atomic mass is 15.1. The van der Waals surface area contributed by atoms with Gasteiger partial charge in [-0.1, -0.05) is 38.5 Å². The number of rotatable bonds is 11. The summed E-state index contributed by atoms with van der Waals surface area (Å²) in [7, 11) is 0. The molecule has 25 heavy (non-hydrogen) atoms. The molecule has 1 aliphatic heterocycles. The van der Waals surface area contributed by atoms with Crippen LogP contribution in [0.15, 0.2) is 59.4 Å². The first-order valence-corrected chi connectivity index (χ1v) is 10.1. The number of unbranched alkanes of at least 4 members (excludes halogenated alkanes) is 1. The zero-order valence-corrected chi connectivity index (χ0v) is 16.5. The van der Waals surface area contributed by atoms with Crippen molar-refractivity contribution >= 4 is 0 Å². The van der Waals surface area contributed by atoms with Gasteiger partial charge >= 0.3 is 0 Å². The summed E-state index contributed by atoms with van der Waals surface area (Å²) in [5.41, 5.74) is 5.98. The van der Waals surface area contributed by atoms with Gasteiger partial charge in [0.1, 0.15) is 0 Å². The second-order valence-corrected chi connectivity index (χ2v) is 7.20. The van der Waals surface area contributed by atoms with E-state index < -0.39 is 0 Å². The molecule has 0 aromatic heterocycles. The number of nitrogens with one attached hydrogen (secondary N) is 1. The van der Waals surface area contributed by atoms with Crippen LogP contribution in [-0.2, 0) is 0 Å². The molecule has 138 valence electrons. The summed E-state index contributed by atoms with van der Waals surface area (Å²) in [5, 5.41) is 3.51. The van der Waals surface area contributed by atoms with Crippen LogP contribution in [0.4, 0.5) is 0 Å². The fourth-order valence-corrected chi connectivity index (χ4v) is 3.74. The van der Waals surface area contributed by atoms with Gasteiger partial charge in [0.2, 0.25) is 0 Å². The molecule has 0 spiro atoms. The lowest BCUT2D eigenvalue weighted by molar-refractivity contribution is 0.287. The van der Waals surface area contributed by atoms with Crippen LogP contribution in [0.5, 0.6) is 0 Å². The van der Waals surface area contributed by atoms with E-state index in [2.05, 4.69) is 62.0 Å². The van der Waals surface area contributed by atoms with Crippen molar-refractivity contribution in [3.63, 3.8) is 0 Å². The van der Waals surface area contributed by atoms with E-state index in [9.17, 15) is 0 Å². The monoisotopic (exact) mass is 340 g/mol. The Labute approximate surface area is 155 Å². The molecule has 1 unspecified atom stereocenters. The second-order valence-electron chi connectivity index (χ2n) is 7.20. The molecule has 0 amide bonds. The van der Waals surface area contributed by atoms with Crippen molar-refractivity contribution in [1.29, 1.82) is 0 Å². The van der Waals surface area contributed by atoms with Gasteiger partial charge in [-0.3, -0.25) is 0 Å². The minimum absolute atomic E-state index is 0.375. The average Bonchev–Trinajstić information content (AvgIpc) is 2.62. The molecule has 2 rings (SSSR count). The lowest BCUT2D eigenvalue weighted by Crippen LogP contribution is -2.29. The fourth-order valence-electron chi connectivity index (χ4n) is 3.74. The highest BCUT2D eigenvalue weighted by Crippen LogP contribution is 2.32. The topological polar surface area (TPSA) is 15.3 Å². The highest BCUT2D eigenvalue weighted by molar-refractivity contribution is 5.52. The molecule has 0 saturated carbocycles. The molecule has 0 radical (unpaired) electrons. The van der Waals surface area contributed by atoms with E-state index in [1.54, 1.807) is 11.1 Å². The van der Waals surface area contributed by atoms with Gasteiger partial charge in [0, 0.05) is 6.54 Å². The van der Waals surface area contributed by atoms with Crippen molar-refractivity contribution in [1.82, 2.24) is 10.2 Å². The lowest BCUT2D eigenvalue weighted by Gasteiger charge is -2.28. The summed E-state index contributed by atoms with van der Waals surface area (Å²) < 4.78 is 0. The highest BCUT2D eigenvalue weighted by Gasteiger charge is 2.21. The number of hydrogen-bond donors (Lipinski definition) is 1. The Balaban J connectivity index is 1.91. The first-order valence-electron chi connectivity index (χ1n) is 10.1. The van der Waals surface area contributed by atoms with Crippen molar-refractivity contribution in [3.05, 3.63) is 59.4 Å². The third-order valence-corrected chi connectivity index (χ3v) is 5.30. The van der Waals surface area contributed by atoms with Gasteiger partial charge in [0.15, 0.2) is 0 Å². The SMILES string of the molecule is C=CCCN(CC)CCCCC1=CC2NC=CC(C)=C2C=C1CCC. The van der Waals surface area contributed by atoms with Crippen molar-refractivity contribution in [2.45, 2.75) is 65.3 Å². The molecule has 0 fully saturated rings. The molecule has 1 heterocycles. The summed E-state index contributed by atoms with van der Waals surface area (Å²) in [4.78, 5) is 2.54. The molecule has 2 heteroatoms. The Morgan fingerprint density at radius 2 is 2.00 bits per heavy atom. The first-order chi connectivity index (χ1) is 12.2. The first kappa shape index (κ1) is 19.8. The predicted octanol–water partition coefficient (Wildman–Crippen LogP) is 5.52. The predicted molar refractivity (Wildman–Crippen MR) is 111 cm³/mol. The van der Waals surface area contributed by atoms with E-state index >= 15 is 0 Å². The van der Waals surface area contributed by atoms with E-state index in [0.717, 1.165) is 19.5 Å². The third kappa shape index (κ3) is 5.74. The van der Waals surface area contributed by atoms with Crippen molar-refractivity contribution in [3.8, 4) is 0 Å². The molecule has 2 nitrogen and oxygen atoms in total. The maximum atomic E-state index is 3.83. The van der Waals surface area contributed by atoms with E-state index in [-0.39, 0.29) is 0 Å². The van der Waals surface area contributed by atoms with Gasteiger partial charge in [0.05, 0.1) is 6.04 Å². The van der Waals surface area contributed by atoms with Gasteiger partial charge < -0.3 is 10.2 Å². The van der Waals surface area contributed by atoms with Gasteiger partial charge in [-0.05, 0) is 86.7 Å². The van der Waals surface area contributed by atoms with Crippen LogP contribution in [0.2, 0.25) is 0 Å². The lowest BCUT2D eigenvalue weighted by atomic mass is 9.84. The smallest absolute Gasteiger partial charge is 0.0701 e. The van der Waals surface area contributed by atoms with Crippen LogP contribution in [0, 0.1) is 0 Å². The maximum Gasteiger partial charge on any atom is 0.0701 e. The molecule has 0 aromatic carbocycles. The number of dihydropyridines is 1. The van der Waals surface area contributed by atoms with Crippen LogP contribution < -0.4 is 5.32 Å². The second kappa shape index (κ2) is 10.5. The zero-order chi connectivity index (χ0) is 18.1. The van der Waals surface area contributed by atoms with Gasteiger partial charge in [-0.25, -0.2) is 0 Å². The molecule has 1 atom stereocenters. The minimum Gasteiger partial charge on any atom is -0.381 e. The van der Waals surface area contributed by atoms with Gasteiger partial charge in [-0.15, -0.1) is 6.58 Å². The number of fused-ring (bicyclic) bond motifs is 1. The maximum absolute atomic E-state index is 3.83. The number of allylic oxidation sites excluding steroid dienone is 4. The zero-order valence-electron chi connectivity index (χ0n) is 16.5. The van der Waals surface area contributed by atoms with Crippen molar-refractivity contribution in [2.75, 3.05) is 19.6 Å². The Morgan fingerprint density at radius 3 is 2.72 bits per heavy atom. The Kier molecular flexibility index (Phi) is 8.27. The Morgan fingerprint density at radius 1 is 1.16 bits per heavy atom. The average molecular weight is 341 g/mol. The van der Waals surface area contributed by atoms with E-state index in [1.807, 2.05) is 6.08 Å². The summed E-state index contributed by atoms with van der Waals surface area (Å²) >= 11 is 0. The fraction of sp³-hybridized carbons (Fsp3) is 0.565. The van der Waals surface area contributed by atoms with Crippen LogP contribution in [0.1, 0.15) is 59.3 Å². The van der Waals surface area contributed by atoms with Crippen LogP contribution >= 0.6 is 0 Å². The quantitative estimate of drug-likeness (QED) is 0.393. The third-order valence-electron chi connectivity index (χ3n) is 5.30. The van der Waals surface area contributed by atoms with Gasteiger partial charge in [-0.2, -0.15) is 0 Å². The van der Waals surface area contributed by atoms with E-state index in [4.69, 9.17) is 0 Å². The van der Waals surface area contributed by atoms with Crippen LogP contribution in [0.3, 0.4) is 0 Å². The van der Waals surface area contributed by atoms with Crippen molar-refractivity contribution in [2.24, 2.45) is 0 Å². The van der Waals surface area contributed by atoms with Crippen LogP contribution in [0.25, 0.3) is 0 Å². The summed E-state index contributed by atoms with van der Waals surface area (Å²) in [6.07, 6.45) is 18.5. The molecule has 0 bridgehead atoms. The molecule has 0 saturated heterocycles. The van der Waals surface area contributed by atoms with Gasteiger partial charge in [0.25, 0.3) is 0 Å². The number of hydrogen-bond acceptors (Lipinski definition) is 2. The minimum atomic E-state index is 0.375. The van der Waals surface area contributed by atoms with E-state index in [1.165, 1.54) is 49.8 Å².